The van der Waals surface area contributed by atoms with E-state index in [1.54, 1.807) is 0 Å². The summed E-state index contributed by atoms with van der Waals surface area (Å²) in [5.41, 5.74) is 0. The van der Waals surface area contributed by atoms with E-state index in [1.807, 2.05) is 0 Å². The molecule has 1 aliphatic rings. The van der Waals surface area contributed by atoms with Crippen LogP contribution in [0.2, 0.25) is 0 Å². The molecule has 0 saturated carbocycles. The average Bonchev–Trinajstić information content (AvgIpc) is 2.37. The van der Waals surface area contributed by atoms with Gasteiger partial charge < -0.3 is 4.74 Å². The summed E-state index contributed by atoms with van der Waals surface area (Å²) in [4.78, 5) is -1.13. The first-order valence-electron chi connectivity index (χ1n) is 6.04. The van der Waals surface area contributed by atoms with E-state index in [-0.39, 0.29) is 6.61 Å². The highest BCUT2D eigenvalue weighted by Crippen LogP contribution is 2.22. The first kappa shape index (κ1) is 16.6. The third-order valence-electron chi connectivity index (χ3n) is 2.96. The van der Waals surface area contributed by atoms with E-state index in [0.29, 0.717) is 25.5 Å². The Hall–Kier alpha value is -0.740. The Kier molecular flexibility index (Phi) is 4.89. The molecule has 1 aromatic carbocycles. The maximum atomic E-state index is 13.9. The summed E-state index contributed by atoms with van der Waals surface area (Å²) in [5.74, 6) is -1.18. The summed E-state index contributed by atoms with van der Waals surface area (Å²) in [6, 6.07) is 1.96. The highest BCUT2D eigenvalue weighted by Gasteiger charge is 2.26. The lowest BCUT2D eigenvalue weighted by molar-refractivity contribution is 0.0774. The van der Waals surface area contributed by atoms with Gasteiger partial charge in [-0.3, -0.25) is 0 Å². The van der Waals surface area contributed by atoms with Gasteiger partial charge in [0.15, 0.2) is 0 Å². The highest BCUT2D eigenvalue weighted by atomic mass is 35.7. The summed E-state index contributed by atoms with van der Waals surface area (Å²) < 4.78 is 67.7. The van der Waals surface area contributed by atoms with E-state index < -0.39 is 40.7 Å². The average molecular weight is 358 g/mol. The number of nitrogens with one attached hydrogen (secondary N) is 1. The Morgan fingerprint density at radius 1 is 1.29 bits per heavy atom. The molecule has 21 heavy (non-hydrogen) atoms. The first-order valence-corrected chi connectivity index (χ1v) is 9.84. The van der Waals surface area contributed by atoms with Gasteiger partial charge in [0.05, 0.1) is 11.5 Å². The first-order chi connectivity index (χ1) is 9.70. The summed E-state index contributed by atoms with van der Waals surface area (Å²) >= 11 is 0. The molecule has 1 fully saturated rings. The van der Waals surface area contributed by atoms with Crippen molar-refractivity contribution in [1.82, 2.24) is 4.72 Å². The molecule has 1 N–H and O–H groups in total. The lowest BCUT2D eigenvalue weighted by Crippen LogP contribution is -2.40. The van der Waals surface area contributed by atoms with E-state index >= 15 is 0 Å². The van der Waals surface area contributed by atoms with Gasteiger partial charge in [-0.05, 0) is 31.0 Å². The van der Waals surface area contributed by atoms with Crippen LogP contribution in [-0.4, -0.2) is 36.1 Å². The monoisotopic (exact) mass is 357 g/mol. The van der Waals surface area contributed by atoms with Gasteiger partial charge in [0, 0.05) is 23.3 Å². The SMILES string of the molecule is O=S(=O)(Cl)c1ccc(S(=O)(=O)NC2CCCOC2)c(F)c1. The number of sulfonamides is 1. The van der Waals surface area contributed by atoms with Gasteiger partial charge in [-0.25, -0.2) is 25.9 Å². The highest BCUT2D eigenvalue weighted by molar-refractivity contribution is 8.13. The molecule has 2 rings (SSSR count). The van der Waals surface area contributed by atoms with Gasteiger partial charge in [0.2, 0.25) is 10.0 Å². The van der Waals surface area contributed by atoms with Gasteiger partial charge in [-0.1, -0.05) is 0 Å². The normalized spacial score (nSPS) is 20.4. The zero-order valence-electron chi connectivity index (χ0n) is 10.8. The summed E-state index contributed by atoms with van der Waals surface area (Å²) in [6.45, 7) is 0.782. The lowest BCUT2D eigenvalue weighted by atomic mass is 10.1. The number of ether oxygens (including phenoxy) is 1. The van der Waals surface area contributed by atoms with Gasteiger partial charge in [0.25, 0.3) is 9.05 Å². The molecule has 1 unspecified atom stereocenters. The third kappa shape index (κ3) is 4.13. The van der Waals surface area contributed by atoms with E-state index in [4.69, 9.17) is 15.4 Å². The molecule has 0 amide bonds. The maximum Gasteiger partial charge on any atom is 0.261 e. The van der Waals surface area contributed by atoms with E-state index in [0.717, 1.165) is 12.1 Å². The Balaban J connectivity index is 2.28. The van der Waals surface area contributed by atoms with Crippen LogP contribution in [0.4, 0.5) is 4.39 Å². The summed E-state index contributed by atoms with van der Waals surface area (Å²) in [5, 5.41) is 0. The Morgan fingerprint density at radius 3 is 2.52 bits per heavy atom. The van der Waals surface area contributed by atoms with Crippen LogP contribution in [0.25, 0.3) is 0 Å². The van der Waals surface area contributed by atoms with Crippen LogP contribution in [-0.2, 0) is 23.8 Å². The van der Waals surface area contributed by atoms with Crippen molar-refractivity contribution in [3.8, 4) is 0 Å². The molecule has 0 aromatic heterocycles. The van der Waals surface area contributed by atoms with Crippen molar-refractivity contribution in [3.05, 3.63) is 24.0 Å². The summed E-state index contributed by atoms with van der Waals surface area (Å²) in [6.07, 6.45) is 1.30. The predicted octanol–water partition coefficient (Wildman–Crippen LogP) is 1.21. The topological polar surface area (TPSA) is 89.5 Å². The molecule has 1 aliphatic heterocycles. The van der Waals surface area contributed by atoms with E-state index in [2.05, 4.69) is 4.72 Å². The fourth-order valence-corrected chi connectivity index (χ4v) is 4.05. The minimum atomic E-state index is -4.12. The number of benzene rings is 1. The largest absolute Gasteiger partial charge is 0.380 e. The summed E-state index contributed by atoms with van der Waals surface area (Å²) in [7, 11) is -3.14. The van der Waals surface area contributed by atoms with Crippen LogP contribution in [0, 0.1) is 5.82 Å². The molecular weight excluding hydrogens is 345 g/mol. The molecule has 0 bridgehead atoms. The van der Waals surface area contributed by atoms with Crippen LogP contribution in [0.3, 0.4) is 0 Å². The second kappa shape index (κ2) is 6.17. The number of rotatable bonds is 4. The van der Waals surface area contributed by atoms with Crippen LogP contribution < -0.4 is 4.72 Å². The minimum absolute atomic E-state index is 0.217. The van der Waals surface area contributed by atoms with Crippen molar-refractivity contribution in [2.45, 2.75) is 28.7 Å². The van der Waals surface area contributed by atoms with E-state index in [1.165, 1.54) is 0 Å². The molecule has 1 saturated heterocycles. The zero-order chi connectivity index (χ0) is 15.7. The molecule has 1 atom stereocenters. The third-order valence-corrected chi connectivity index (χ3v) is 5.86. The molecule has 0 spiro atoms. The zero-order valence-corrected chi connectivity index (χ0v) is 13.1. The molecule has 1 heterocycles. The molecule has 118 valence electrons. The molecule has 1 aromatic rings. The molecule has 0 aliphatic carbocycles. The van der Waals surface area contributed by atoms with Crippen LogP contribution in [0.15, 0.2) is 28.0 Å². The maximum absolute atomic E-state index is 13.9. The van der Waals surface area contributed by atoms with Gasteiger partial charge in [-0.15, -0.1) is 0 Å². The fourth-order valence-electron chi connectivity index (χ4n) is 1.97. The lowest BCUT2D eigenvalue weighted by Gasteiger charge is -2.23. The van der Waals surface area contributed by atoms with Crippen molar-refractivity contribution in [3.63, 3.8) is 0 Å². The molecule has 10 heteroatoms. The van der Waals surface area contributed by atoms with Crippen molar-refractivity contribution < 1.29 is 26.0 Å². The number of hydrogen-bond donors (Lipinski definition) is 1. The Bertz CT molecular complexity index is 729. The standard InChI is InChI=1S/C11H13ClFNO5S2/c12-20(15,16)9-3-4-11(10(13)6-9)21(17,18)14-8-2-1-5-19-7-8/h3-4,6,8,14H,1-2,5,7H2. The van der Waals surface area contributed by atoms with E-state index in [9.17, 15) is 21.2 Å². The number of hydrogen-bond acceptors (Lipinski definition) is 5. The number of halogens is 2. The Labute approximate surface area is 126 Å². The second-order valence-electron chi connectivity index (χ2n) is 4.57. The van der Waals surface area contributed by atoms with Gasteiger partial charge >= 0.3 is 0 Å². The van der Waals surface area contributed by atoms with Crippen LogP contribution in [0.5, 0.6) is 0 Å². The van der Waals surface area contributed by atoms with Crippen molar-refractivity contribution in [2.24, 2.45) is 0 Å². The second-order valence-corrected chi connectivity index (χ2v) is 8.81. The molecule has 6 nitrogen and oxygen atoms in total. The fraction of sp³-hybridized carbons (Fsp3) is 0.455. The van der Waals surface area contributed by atoms with Crippen LogP contribution in [0.1, 0.15) is 12.8 Å². The Morgan fingerprint density at radius 2 is 2.00 bits per heavy atom. The van der Waals surface area contributed by atoms with Crippen LogP contribution >= 0.6 is 10.7 Å². The van der Waals surface area contributed by atoms with Crippen molar-refractivity contribution in [1.29, 1.82) is 0 Å². The minimum Gasteiger partial charge on any atom is -0.380 e. The predicted molar refractivity (Wildman–Crippen MR) is 73.6 cm³/mol. The quantitative estimate of drug-likeness (QED) is 0.818. The smallest absolute Gasteiger partial charge is 0.261 e. The van der Waals surface area contributed by atoms with Gasteiger partial charge in [-0.2, -0.15) is 0 Å². The molecule has 0 radical (unpaired) electrons. The molecular formula is C11H13ClFNO5S2. The van der Waals surface area contributed by atoms with Crippen molar-refractivity contribution in [2.75, 3.05) is 13.2 Å². The van der Waals surface area contributed by atoms with Gasteiger partial charge in [0.1, 0.15) is 10.7 Å². The van der Waals surface area contributed by atoms with Crippen molar-refractivity contribution >= 4 is 29.8 Å².